The van der Waals surface area contributed by atoms with E-state index in [0.717, 1.165) is 0 Å². The molecule has 0 spiro atoms. The third kappa shape index (κ3) is 3.43. The van der Waals surface area contributed by atoms with Crippen LogP contribution < -0.4 is 5.32 Å². The lowest BCUT2D eigenvalue weighted by atomic mass is 10.0. The highest BCUT2D eigenvalue weighted by Gasteiger charge is 2.13. The maximum atomic E-state index is 14.0. The third-order valence-electron chi connectivity index (χ3n) is 3.42. The maximum absolute atomic E-state index is 14.0. The molecule has 0 aliphatic rings. The van der Waals surface area contributed by atoms with Crippen LogP contribution in [0.1, 0.15) is 10.4 Å². The quantitative estimate of drug-likeness (QED) is 0.733. The predicted molar refractivity (Wildman–Crippen MR) is 86.2 cm³/mol. The second-order valence-electron chi connectivity index (χ2n) is 5.02. The first kappa shape index (κ1) is 14.9. The number of carbonyl (C=O) groups is 1. The van der Waals surface area contributed by atoms with Gasteiger partial charge in [0.25, 0.3) is 5.91 Å². The Kier molecular flexibility index (Phi) is 4.15. The van der Waals surface area contributed by atoms with Crippen LogP contribution in [0.5, 0.6) is 0 Å². The van der Waals surface area contributed by atoms with E-state index in [1.807, 2.05) is 6.07 Å². The molecule has 2 nitrogen and oxygen atoms in total. The van der Waals surface area contributed by atoms with Gasteiger partial charge < -0.3 is 5.32 Å². The zero-order valence-electron chi connectivity index (χ0n) is 12.1. The molecule has 0 fully saturated rings. The van der Waals surface area contributed by atoms with Gasteiger partial charge in [-0.3, -0.25) is 4.79 Å². The van der Waals surface area contributed by atoms with Gasteiger partial charge in [-0.15, -0.1) is 0 Å². The molecule has 23 heavy (non-hydrogen) atoms. The molecule has 0 aliphatic carbocycles. The molecule has 0 saturated carbocycles. The lowest BCUT2D eigenvalue weighted by molar-refractivity contribution is 0.102. The van der Waals surface area contributed by atoms with E-state index in [1.165, 1.54) is 24.3 Å². The Labute approximate surface area is 132 Å². The smallest absolute Gasteiger partial charge is 0.258 e. The number of anilines is 1. The number of halogens is 2. The summed E-state index contributed by atoms with van der Waals surface area (Å²) in [6, 6.07) is 18.9. The Hall–Kier alpha value is -3.01. The Bertz CT molecular complexity index is 830. The lowest BCUT2D eigenvalue weighted by Gasteiger charge is -2.08. The third-order valence-corrected chi connectivity index (χ3v) is 3.42. The van der Waals surface area contributed by atoms with Crippen molar-refractivity contribution < 1.29 is 13.6 Å². The Morgan fingerprint density at radius 2 is 1.43 bits per heavy atom. The fraction of sp³-hybridized carbons (Fsp3) is 0. The summed E-state index contributed by atoms with van der Waals surface area (Å²) in [7, 11) is 0. The van der Waals surface area contributed by atoms with Gasteiger partial charge in [-0.25, -0.2) is 8.78 Å². The molecule has 4 heteroatoms. The summed E-state index contributed by atoms with van der Waals surface area (Å²) in [6.45, 7) is 0. The zero-order valence-corrected chi connectivity index (χ0v) is 12.1. The summed E-state index contributed by atoms with van der Waals surface area (Å²) in [5.74, 6) is -1.49. The van der Waals surface area contributed by atoms with Crippen molar-refractivity contribution in [2.75, 3.05) is 5.32 Å². The van der Waals surface area contributed by atoms with Crippen molar-refractivity contribution in [1.82, 2.24) is 0 Å². The molecule has 114 valence electrons. The average Bonchev–Trinajstić information content (AvgIpc) is 2.57. The highest BCUT2D eigenvalue weighted by molar-refractivity contribution is 6.05. The van der Waals surface area contributed by atoms with Crippen molar-refractivity contribution in [2.45, 2.75) is 0 Å². The number of hydrogen-bond donors (Lipinski definition) is 1. The van der Waals surface area contributed by atoms with Crippen LogP contribution in [0, 0.1) is 11.6 Å². The van der Waals surface area contributed by atoms with Crippen molar-refractivity contribution in [3.05, 3.63) is 90.0 Å². The largest absolute Gasteiger partial charge is 0.322 e. The van der Waals surface area contributed by atoms with Crippen molar-refractivity contribution >= 4 is 11.6 Å². The summed E-state index contributed by atoms with van der Waals surface area (Å²) in [5, 5.41) is 2.65. The molecule has 1 amide bonds. The number of benzene rings is 3. The van der Waals surface area contributed by atoms with Crippen molar-refractivity contribution in [1.29, 1.82) is 0 Å². The fourth-order valence-electron chi connectivity index (χ4n) is 2.24. The number of amides is 1. The van der Waals surface area contributed by atoms with Crippen LogP contribution in [0.3, 0.4) is 0 Å². The minimum Gasteiger partial charge on any atom is -0.322 e. The first-order valence-electron chi connectivity index (χ1n) is 7.05. The van der Waals surface area contributed by atoms with Crippen LogP contribution in [-0.4, -0.2) is 5.91 Å². The van der Waals surface area contributed by atoms with E-state index < -0.39 is 11.7 Å². The topological polar surface area (TPSA) is 29.1 Å². The standard InChI is InChI=1S/C19H13F2NO/c20-15-9-6-13(7-10-15)14-8-11-18(21)17(12-14)19(23)22-16-4-2-1-3-5-16/h1-12H,(H,22,23). The van der Waals surface area contributed by atoms with Crippen LogP contribution >= 0.6 is 0 Å². The maximum Gasteiger partial charge on any atom is 0.258 e. The zero-order chi connectivity index (χ0) is 16.2. The van der Waals surface area contributed by atoms with Crippen LogP contribution in [-0.2, 0) is 0 Å². The molecule has 0 heterocycles. The van der Waals surface area contributed by atoms with E-state index in [9.17, 15) is 13.6 Å². The first-order chi connectivity index (χ1) is 11.1. The predicted octanol–water partition coefficient (Wildman–Crippen LogP) is 4.88. The van der Waals surface area contributed by atoms with Gasteiger partial charge in [0.1, 0.15) is 11.6 Å². The van der Waals surface area contributed by atoms with Crippen LogP contribution in [0.25, 0.3) is 11.1 Å². The number of rotatable bonds is 3. The molecule has 0 bridgehead atoms. The summed E-state index contributed by atoms with van der Waals surface area (Å²) in [5.41, 5.74) is 1.88. The first-order valence-corrected chi connectivity index (χ1v) is 7.05. The van der Waals surface area contributed by atoms with Gasteiger partial charge in [0, 0.05) is 5.69 Å². The number of carbonyl (C=O) groups excluding carboxylic acids is 1. The lowest BCUT2D eigenvalue weighted by Crippen LogP contribution is -2.13. The van der Waals surface area contributed by atoms with Gasteiger partial charge in [0.15, 0.2) is 0 Å². The second-order valence-corrected chi connectivity index (χ2v) is 5.02. The Morgan fingerprint density at radius 3 is 2.13 bits per heavy atom. The van der Waals surface area contributed by atoms with E-state index in [2.05, 4.69) is 5.32 Å². The van der Waals surface area contributed by atoms with Gasteiger partial charge in [0.05, 0.1) is 5.56 Å². The number of hydrogen-bond acceptors (Lipinski definition) is 1. The van der Waals surface area contributed by atoms with Crippen molar-refractivity contribution in [3.8, 4) is 11.1 Å². The van der Waals surface area contributed by atoms with Gasteiger partial charge >= 0.3 is 0 Å². The molecule has 1 N–H and O–H groups in total. The minimum atomic E-state index is -0.607. The summed E-state index contributed by atoms with van der Waals surface area (Å²) < 4.78 is 27.0. The Morgan fingerprint density at radius 1 is 0.783 bits per heavy atom. The summed E-state index contributed by atoms with van der Waals surface area (Å²) in [6.07, 6.45) is 0. The van der Waals surface area contributed by atoms with E-state index >= 15 is 0 Å². The van der Waals surface area contributed by atoms with Gasteiger partial charge in [-0.05, 0) is 47.5 Å². The van der Waals surface area contributed by atoms with E-state index in [0.29, 0.717) is 16.8 Å². The Balaban J connectivity index is 1.91. The minimum absolute atomic E-state index is 0.0596. The number of para-hydroxylation sites is 1. The molecule has 3 rings (SSSR count). The van der Waals surface area contributed by atoms with E-state index in [1.54, 1.807) is 42.5 Å². The SMILES string of the molecule is O=C(Nc1ccccc1)c1cc(-c2ccc(F)cc2)ccc1F. The second kappa shape index (κ2) is 6.40. The molecule has 0 radical (unpaired) electrons. The molecular formula is C19H13F2NO. The van der Waals surface area contributed by atoms with Crippen LogP contribution in [0.2, 0.25) is 0 Å². The molecule has 0 aromatic heterocycles. The molecular weight excluding hydrogens is 296 g/mol. The monoisotopic (exact) mass is 309 g/mol. The highest BCUT2D eigenvalue weighted by Crippen LogP contribution is 2.23. The molecule has 0 unspecified atom stereocenters. The highest BCUT2D eigenvalue weighted by atomic mass is 19.1. The molecule has 3 aromatic rings. The van der Waals surface area contributed by atoms with E-state index in [4.69, 9.17) is 0 Å². The molecule has 0 aliphatic heterocycles. The van der Waals surface area contributed by atoms with Crippen LogP contribution in [0.15, 0.2) is 72.8 Å². The summed E-state index contributed by atoms with van der Waals surface area (Å²) in [4.78, 5) is 12.3. The normalized spacial score (nSPS) is 10.3. The molecule has 0 atom stereocenters. The molecule has 0 saturated heterocycles. The number of nitrogens with one attached hydrogen (secondary N) is 1. The summed E-state index contributed by atoms with van der Waals surface area (Å²) >= 11 is 0. The fourth-order valence-corrected chi connectivity index (χ4v) is 2.24. The van der Waals surface area contributed by atoms with Crippen molar-refractivity contribution in [3.63, 3.8) is 0 Å². The molecule has 3 aromatic carbocycles. The van der Waals surface area contributed by atoms with E-state index in [-0.39, 0.29) is 11.4 Å². The van der Waals surface area contributed by atoms with Gasteiger partial charge in [0.2, 0.25) is 0 Å². The van der Waals surface area contributed by atoms with Crippen molar-refractivity contribution in [2.24, 2.45) is 0 Å². The van der Waals surface area contributed by atoms with Crippen LogP contribution in [0.4, 0.5) is 14.5 Å². The van der Waals surface area contributed by atoms with Gasteiger partial charge in [-0.1, -0.05) is 36.4 Å². The average molecular weight is 309 g/mol. The van der Waals surface area contributed by atoms with Gasteiger partial charge in [-0.2, -0.15) is 0 Å².